The Hall–Kier alpha value is -5.72. The maximum Gasteiger partial charge on any atom is 0.416 e. The lowest BCUT2D eigenvalue weighted by Crippen LogP contribution is -2.25. The normalized spacial score (nSPS) is 12.8. The van der Waals surface area contributed by atoms with Gasteiger partial charge in [0.25, 0.3) is 0 Å². The quantitative estimate of drug-likeness (QED) is 0.173. The van der Waals surface area contributed by atoms with Crippen LogP contribution in [-0.4, -0.2) is 37.4 Å². The monoisotopic (exact) mass is 626 g/mol. The minimum Gasteiger partial charge on any atom is -0.457 e. The number of amides is 1. The first kappa shape index (κ1) is 30.3. The maximum absolute atomic E-state index is 13.3. The molecule has 0 saturated carbocycles. The number of benzene rings is 3. The van der Waals surface area contributed by atoms with Crippen molar-refractivity contribution in [2.75, 3.05) is 17.2 Å². The predicted octanol–water partition coefficient (Wildman–Crippen LogP) is 6.74. The van der Waals surface area contributed by atoms with Crippen LogP contribution in [0.15, 0.2) is 84.7 Å². The van der Waals surface area contributed by atoms with Gasteiger partial charge in [-0.3, -0.25) is 4.79 Å². The van der Waals surface area contributed by atoms with Gasteiger partial charge >= 0.3 is 6.18 Å². The minimum absolute atomic E-state index is 0.0812. The molecule has 1 aliphatic rings. The number of hydrogen-bond donors (Lipinski definition) is 3. The molecule has 13 heteroatoms. The Morgan fingerprint density at radius 3 is 2.61 bits per heavy atom. The number of ether oxygens (including phenoxy) is 1. The van der Waals surface area contributed by atoms with Crippen molar-refractivity contribution in [2.24, 2.45) is 0 Å². The molecule has 1 amide bonds. The highest BCUT2D eigenvalue weighted by Crippen LogP contribution is 2.35. The highest BCUT2D eigenvalue weighted by atomic mass is 19.4. The van der Waals surface area contributed by atoms with E-state index in [1.54, 1.807) is 36.0 Å². The van der Waals surface area contributed by atoms with E-state index in [4.69, 9.17) is 4.74 Å². The summed E-state index contributed by atoms with van der Waals surface area (Å²) in [5, 5.41) is 18.5. The van der Waals surface area contributed by atoms with Crippen molar-refractivity contribution in [1.29, 1.82) is 0 Å². The van der Waals surface area contributed by atoms with Crippen LogP contribution in [0.3, 0.4) is 0 Å². The van der Waals surface area contributed by atoms with Gasteiger partial charge in [0, 0.05) is 17.8 Å². The second kappa shape index (κ2) is 12.7. The van der Waals surface area contributed by atoms with Crippen LogP contribution in [0.5, 0.6) is 11.5 Å². The Balaban J connectivity index is 1.17. The van der Waals surface area contributed by atoms with Crippen LogP contribution in [0.2, 0.25) is 0 Å². The summed E-state index contributed by atoms with van der Waals surface area (Å²) in [6.07, 6.45) is -0.828. The zero-order chi connectivity index (χ0) is 32.3. The molecule has 0 atom stereocenters. The van der Waals surface area contributed by atoms with Crippen molar-refractivity contribution >= 4 is 29.3 Å². The topological polar surface area (TPSA) is 119 Å². The molecule has 0 spiro atoms. The van der Waals surface area contributed by atoms with E-state index in [1.807, 2.05) is 37.3 Å². The van der Waals surface area contributed by atoms with Gasteiger partial charge in [0.15, 0.2) is 0 Å². The number of halogens is 3. The number of para-hydroxylation sites is 1. The zero-order valence-electron chi connectivity index (χ0n) is 24.9. The molecule has 0 radical (unpaired) electrons. The number of anilines is 3. The van der Waals surface area contributed by atoms with Crippen LogP contribution in [0.1, 0.15) is 34.5 Å². The van der Waals surface area contributed by atoms with Crippen molar-refractivity contribution in [3.8, 4) is 17.2 Å². The van der Waals surface area contributed by atoms with Crippen LogP contribution in [0.4, 0.5) is 30.5 Å². The van der Waals surface area contributed by atoms with Crippen LogP contribution in [0.25, 0.3) is 11.8 Å². The summed E-state index contributed by atoms with van der Waals surface area (Å²) in [5.74, 6) is 1.29. The molecule has 3 aromatic carbocycles. The molecule has 0 bridgehead atoms. The number of aryl methyl sites for hydroxylation is 2. The molecule has 0 aliphatic carbocycles. The Bertz CT molecular complexity index is 1920. The van der Waals surface area contributed by atoms with Gasteiger partial charge < -0.3 is 20.7 Å². The van der Waals surface area contributed by atoms with Gasteiger partial charge in [-0.1, -0.05) is 24.3 Å². The highest BCUT2D eigenvalue weighted by molar-refractivity contribution is 6.00. The molecule has 3 heterocycles. The number of rotatable bonds is 8. The number of carbonyl (C=O) groups is 1. The number of hydrogen-bond acceptors (Lipinski definition) is 8. The molecule has 234 valence electrons. The maximum atomic E-state index is 13.3. The van der Waals surface area contributed by atoms with Crippen molar-refractivity contribution in [1.82, 2.24) is 30.3 Å². The van der Waals surface area contributed by atoms with Crippen molar-refractivity contribution in [3.05, 3.63) is 113 Å². The van der Waals surface area contributed by atoms with Gasteiger partial charge in [0.1, 0.15) is 35.2 Å². The van der Waals surface area contributed by atoms with E-state index in [-0.39, 0.29) is 18.2 Å². The van der Waals surface area contributed by atoms with E-state index in [2.05, 4.69) is 36.1 Å². The lowest BCUT2D eigenvalue weighted by atomic mass is 10.1. The number of aromatic nitrogens is 5. The lowest BCUT2D eigenvalue weighted by molar-refractivity contribution is -0.137. The summed E-state index contributed by atoms with van der Waals surface area (Å²) >= 11 is 0. The van der Waals surface area contributed by atoms with Gasteiger partial charge in [-0.2, -0.15) is 28.2 Å². The van der Waals surface area contributed by atoms with E-state index >= 15 is 0 Å². The molecule has 0 saturated heterocycles. The zero-order valence-corrected chi connectivity index (χ0v) is 24.9. The van der Waals surface area contributed by atoms with E-state index in [9.17, 15) is 18.0 Å². The second-order valence-corrected chi connectivity index (χ2v) is 10.6. The van der Waals surface area contributed by atoms with E-state index in [0.29, 0.717) is 64.1 Å². The molecule has 0 fully saturated rings. The summed E-state index contributed by atoms with van der Waals surface area (Å²) < 4.78 is 45.1. The fraction of sp³-hybridized carbons (Fsp3) is 0.182. The highest BCUT2D eigenvalue weighted by Gasteiger charge is 2.30. The van der Waals surface area contributed by atoms with Crippen molar-refractivity contribution < 1.29 is 22.7 Å². The molecule has 6 rings (SSSR count). The van der Waals surface area contributed by atoms with E-state index < -0.39 is 11.7 Å². The predicted molar refractivity (Wildman–Crippen MR) is 167 cm³/mol. The minimum atomic E-state index is -4.47. The summed E-state index contributed by atoms with van der Waals surface area (Å²) in [6, 6.07) is 19.5. The van der Waals surface area contributed by atoms with Crippen LogP contribution < -0.4 is 20.7 Å². The average molecular weight is 627 g/mol. The van der Waals surface area contributed by atoms with Gasteiger partial charge in [-0.25, -0.2) is 9.97 Å². The third kappa shape index (κ3) is 6.83. The SMILES string of the molecule is Cc1cc(Nc2ncnc3c2C=C(C(=O)NCc2nn(-c4ccccc4)nc2C)CCN3)ccc1Oc1cccc(C(F)(F)F)c1. The molecule has 5 aromatic rings. The second-order valence-electron chi connectivity index (χ2n) is 10.6. The molecule has 46 heavy (non-hydrogen) atoms. The molecular weight excluding hydrogens is 597 g/mol. The average Bonchev–Trinajstić information content (AvgIpc) is 3.27. The number of nitrogens with one attached hydrogen (secondary N) is 3. The molecule has 1 aliphatic heterocycles. The molecule has 10 nitrogen and oxygen atoms in total. The largest absolute Gasteiger partial charge is 0.457 e. The molecule has 3 N–H and O–H groups in total. The number of nitrogens with zero attached hydrogens (tertiary/aromatic N) is 5. The molecular formula is C33H29F3N8O2. The standard InChI is InChI=1S/C33H29F3N8O2/c1-20-15-24(11-12-29(20)46-26-10-6-7-23(17-26)33(34,35)36)41-31-27-16-22(13-14-37-30(27)39-19-40-31)32(45)38-18-28-21(2)42-44(43-28)25-8-4-3-5-9-25/h3-12,15-17,19H,13-14,18H2,1-2H3,(H,38,45)(H2,37,39,40,41). The fourth-order valence-corrected chi connectivity index (χ4v) is 4.88. The third-order valence-electron chi connectivity index (χ3n) is 7.29. The molecule has 2 aromatic heterocycles. The Morgan fingerprint density at radius 1 is 1.00 bits per heavy atom. The van der Waals surface area contributed by atoms with Crippen LogP contribution in [-0.2, 0) is 17.5 Å². The van der Waals surface area contributed by atoms with Crippen LogP contribution in [0, 0.1) is 13.8 Å². The third-order valence-corrected chi connectivity index (χ3v) is 7.29. The Kier molecular flexibility index (Phi) is 8.38. The lowest BCUT2D eigenvalue weighted by Gasteiger charge is -2.14. The van der Waals surface area contributed by atoms with Gasteiger partial charge in [-0.15, -0.1) is 0 Å². The molecule has 0 unspecified atom stereocenters. The first-order valence-corrected chi connectivity index (χ1v) is 14.4. The first-order chi connectivity index (χ1) is 22.1. The van der Waals surface area contributed by atoms with Crippen molar-refractivity contribution in [3.63, 3.8) is 0 Å². The summed E-state index contributed by atoms with van der Waals surface area (Å²) in [5.41, 5.74) is 3.91. The van der Waals surface area contributed by atoms with Crippen LogP contribution >= 0.6 is 0 Å². The number of fused-ring (bicyclic) bond motifs is 1. The summed E-state index contributed by atoms with van der Waals surface area (Å²) in [7, 11) is 0. The van der Waals surface area contributed by atoms with Gasteiger partial charge in [0.05, 0.1) is 29.1 Å². The van der Waals surface area contributed by atoms with Gasteiger partial charge in [0.2, 0.25) is 5.91 Å². The number of alkyl halides is 3. The smallest absolute Gasteiger partial charge is 0.416 e. The van der Waals surface area contributed by atoms with E-state index in [1.165, 1.54) is 18.5 Å². The number of carbonyl (C=O) groups excluding carboxylic acids is 1. The van der Waals surface area contributed by atoms with Crippen molar-refractivity contribution in [2.45, 2.75) is 33.0 Å². The first-order valence-electron chi connectivity index (χ1n) is 14.4. The Morgan fingerprint density at radius 2 is 1.83 bits per heavy atom. The summed E-state index contributed by atoms with van der Waals surface area (Å²) in [4.78, 5) is 23.6. The van der Waals surface area contributed by atoms with Gasteiger partial charge in [-0.05, 0) is 80.4 Å². The van der Waals surface area contributed by atoms with E-state index in [0.717, 1.165) is 17.8 Å². The summed E-state index contributed by atoms with van der Waals surface area (Å²) in [6.45, 7) is 4.34. The fourth-order valence-electron chi connectivity index (χ4n) is 4.88. The Labute approximate surface area is 262 Å².